The van der Waals surface area contributed by atoms with E-state index >= 15 is 0 Å². The number of allylic oxidation sites excluding steroid dienone is 1. The monoisotopic (exact) mass is 578 g/mol. The first-order valence-electron chi connectivity index (χ1n) is 14.7. The van der Waals surface area contributed by atoms with Crippen LogP contribution in [0.1, 0.15) is 60.5 Å². The normalized spacial score (nSPS) is 26.6. The molecule has 1 aliphatic heterocycles. The average molecular weight is 579 g/mol. The molecule has 8 heteroatoms. The lowest BCUT2D eigenvalue weighted by Gasteiger charge is -2.44. The van der Waals surface area contributed by atoms with Gasteiger partial charge in [-0.25, -0.2) is 8.42 Å². The molecule has 41 heavy (non-hydrogen) atoms. The molecule has 0 saturated heterocycles. The highest BCUT2D eigenvalue weighted by Gasteiger charge is 2.56. The fourth-order valence-corrected chi connectivity index (χ4v) is 9.99. The van der Waals surface area contributed by atoms with Crippen molar-refractivity contribution in [3.63, 3.8) is 0 Å². The molecule has 0 bridgehead atoms. The van der Waals surface area contributed by atoms with Crippen molar-refractivity contribution in [1.29, 1.82) is 0 Å². The van der Waals surface area contributed by atoms with Crippen LogP contribution in [0.2, 0.25) is 0 Å². The summed E-state index contributed by atoms with van der Waals surface area (Å²) in [7, 11) is -3.58. The van der Waals surface area contributed by atoms with Crippen molar-refractivity contribution in [3.05, 3.63) is 84.5 Å². The minimum absolute atomic E-state index is 0.0779. The predicted octanol–water partition coefficient (Wildman–Crippen LogP) is 4.58. The number of carbonyl (C=O) groups is 1. The molecule has 1 heterocycles. The molecule has 1 fully saturated rings. The van der Waals surface area contributed by atoms with Crippen LogP contribution in [0.5, 0.6) is 5.75 Å². The maximum atomic E-state index is 14.5. The minimum Gasteiger partial charge on any atom is -0.490 e. The van der Waals surface area contributed by atoms with Crippen molar-refractivity contribution >= 4 is 21.4 Å². The van der Waals surface area contributed by atoms with Gasteiger partial charge in [0.25, 0.3) is 0 Å². The van der Waals surface area contributed by atoms with Gasteiger partial charge in [-0.15, -0.1) is 13.2 Å². The van der Waals surface area contributed by atoms with Crippen LogP contribution in [0.15, 0.2) is 67.8 Å². The Hall–Kier alpha value is -3.10. The molecule has 0 aromatic heterocycles. The number of nitrogens with two attached hydrogens (primary N) is 1. The van der Waals surface area contributed by atoms with E-state index in [9.17, 15) is 18.3 Å². The van der Waals surface area contributed by atoms with Crippen LogP contribution in [0.25, 0.3) is 0 Å². The van der Waals surface area contributed by atoms with Gasteiger partial charge in [-0.3, -0.25) is 4.79 Å². The van der Waals surface area contributed by atoms with E-state index in [2.05, 4.69) is 24.1 Å². The highest BCUT2D eigenvalue weighted by molar-refractivity contribution is 7.92. The summed E-state index contributed by atoms with van der Waals surface area (Å²) in [5, 5.41) is 9.44. The molecular weight excluding hydrogens is 536 g/mol. The van der Waals surface area contributed by atoms with E-state index in [-0.39, 0.29) is 18.4 Å². The van der Waals surface area contributed by atoms with E-state index in [1.54, 1.807) is 30.4 Å². The van der Waals surface area contributed by atoms with E-state index < -0.39 is 37.8 Å². The average Bonchev–Trinajstić information content (AvgIpc) is 3.18. The molecule has 5 rings (SSSR count). The smallest absolute Gasteiger partial charge is 0.248 e. The van der Waals surface area contributed by atoms with Crippen molar-refractivity contribution in [1.82, 2.24) is 0 Å². The van der Waals surface area contributed by atoms with Crippen molar-refractivity contribution < 1.29 is 23.1 Å². The number of sulfone groups is 1. The third-order valence-corrected chi connectivity index (χ3v) is 12.6. The molecule has 2 unspecified atom stereocenters. The van der Waals surface area contributed by atoms with Crippen LogP contribution in [-0.4, -0.2) is 55.7 Å². The highest BCUT2D eigenvalue weighted by atomic mass is 32.2. The third-order valence-electron chi connectivity index (χ3n) is 9.74. The van der Waals surface area contributed by atoms with Crippen LogP contribution in [0.3, 0.4) is 0 Å². The zero-order valence-electron chi connectivity index (χ0n) is 23.9. The van der Waals surface area contributed by atoms with Crippen LogP contribution in [0.4, 0.5) is 5.69 Å². The first-order chi connectivity index (χ1) is 19.7. The van der Waals surface area contributed by atoms with Gasteiger partial charge in [-0.05, 0) is 79.7 Å². The summed E-state index contributed by atoms with van der Waals surface area (Å²) >= 11 is 0. The molecule has 1 saturated carbocycles. The number of aliphatic hydroxyl groups excluding tert-OH is 1. The van der Waals surface area contributed by atoms with E-state index in [4.69, 9.17) is 10.5 Å². The third kappa shape index (κ3) is 5.21. The number of carbonyl (C=O) groups excluding carboxylic acids is 1. The number of benzene rings is 2. The second-order valence-electron chi connectivity index (χ2n) is 11.9. The Morgan fingerprint density at radius 2 is 2.02 bits per heavy atom. The number of ether oxygens (including phenoxy) is 1. The summed E-state index contributed by atoms with van der Waals surface area (Å²) in [6.07, 6.45) is 6.79. The molecule has 1 spiro atoms. The zero-order chi connectivity index (χ0) is 29.4. The van der Waals surface area contributed by atoms with Gasteiger partial charge >= 0.3 is 0 Å². The Labute approximate surface area is 244 Å². The molecule has 6 atom stereocenters. The standard InChI is InChI=1S/C33H42N2O5S/c1-4-7-11-25(5-2)41(38,39)31-18-22-10-8-9-12-27(22)33(31)20-35(19-24-13-15-26(24)29(36)6-3)28-17-23(32(34)37)14-16-30(28)40-21-33/h4,6,8-10,12,14,16-17,24-26,29,31,36H,1,3,5,7,11,13,15,18-21H2,2H3,(H2,34,37)/t24-,25+,26+,29-,31?,33?/m0/s1. The van der Waals surface area contributed by atoms with Gasteiger partial charge in [0.1, 0.15) is 12.4 Å². The number of primary amides is 1. The Kier molecular flexibility index (Phi) is 8.35. The number of aliphatic hydroxyl groups is 1. The molecule has 220 valence electrons. The summed E-state index contributed by atoms with van der Waals surface area (Å²) in [5.74, 6) is 0.335. The zero-order valence-corrected chi connectivity index (χ0v) is 24.7. The van der Waals surface area contributed by atoms with Crippen molar-refractivity contribution in [2.75, 3.05) is 24.6 Å². The molecule has 3 aliphatic rings. The van der Waals surface area contributed by atoms with Gasteiger partial charge in [0.05, 0.1) is 27.7 Å². The first kappa shape index (κ1) is 29.4. The molecule has 7 nitrogen and oxygen atoms in total. The number of anilines is 1. The Bertz CT molecular complexity index is 1420. The molecule has 3 N–H and O–H groups in total. The molecule has 2 aromatic rings. The van der Waals surface area contributed by atoms with Crippen molar-refractivity contribution in [2.45, 2.75) is 67.5 Å². The molecule has 2 aliphatic carbocycles. The number of nitrogens with zero attached hydrogens (tertiary/aromatic N) is 1. The van der Waals surface area contributed by atoms with Gasteiger partial charge in [0.15, 0.2) is 9.84 Å². The van der Waals surface area contributed by atoms with Crippen molar-refractivity contribution in [2.24, 2.45) is 17.6 Å². The summed E-state index contributed by atoms with van der Waals surface area (Å²) in [5.41, 5.74) is 8.00. The maximum absolute atomic E-state index is 14.5. The van der Waals surface area contributed by atoms with E-state index in [1.165, 1.54) is 0 Å². The quantitative estimate of drug-likeness (QED) is 0.378. The molecular formula is C33H42N2O5S. The summed E-state index contributed by atoms with van der Waals surface area (Å²) in [4.78, 5) is 14.4. The second-order valence-corrected chi connectivity index (χ2v) is 14.3. The SMILES string of the molecule is C=CCC[C@@H](CC)S(=O)(=O)C1Cc2ccccc2C12COc1ccc(C(N)=O)cc1N(C[C@@H]1CC[C@H]1[C@@H](O)C=C)C2. The number of fused-ring (bicyclic) bond motifs is 3. The van der Waals surface area contributed by atoms with Crippen molar-refractivity contribution in [3.8, 4) is 5.75 Å². The Balaban J connectivity index is 1.62. The summed E-state index contributed by atoms with van der Waals surface area (Å²) in [6, 6.07) is 13.2. The fourth-order valence-electron chi connectivity index (χ4n) is 7.29. The summed E-state index contributed by atoms with van der Waals surface area (Å²) < 4.78 is 35.5. The molecule has 1 amide bonds. The lowest BCUT2D eigenvalue weighted by molar-refractivity contribution is 0.0461. The number of hydrogen-bond donors (Lipinski definition) is 2. The van der Waals surface area contributed by atoms with Crippen LogP contribution in [-0.2, 0) is 21.7 Å². The van der Waals surface area contributed by atoms with Gasteiger partial charge in [0, 0.05) is 18.7 Å². The highest BCUT2D eigenvalue weighted by Crippen LogP contribution is 2.50. The topological polar surface area (TPSA) is 110 Å². The minimum atomic E-state index is -3.58. The van der Waals surface area contributed by atoms with Crippen LogP contribution in [0, 0.1) is 11.8 Å². The Morgan fingerprint density at radius 1 is 1.24 bits per heavy atom. The molecule has 0 radical (unpaired) electrons. The van der Waals surface area contributed by atoms with Gasteiger partial charge < -0.3 is 20.5 Å². The van der Waals surface area contributed by atoms with Gasteiger partial charge in [-0.1, -0.05) is 43.3 Å². The van der Waals surface area contributed by atoms with Crippen LogP contribution < -0.4 is 15.4 Å². The van der Waals surface area contributed by atoms with Gasteiger partial charge in [0.2, 0.25) is 5.91 Å². The van der Waals surface area contributed by atoms with E-state index in [1.807, 2.05) is 25.1 Å². The first-order valence-corrected chi connectivity index (χ1v) is 16.3. The second kappa shape index (κ2) is 11.6. The summed E-state index contributed by atoms with van der Waals surface area (Å²) in [6.45, 7) is 10.8. The van der Waals surface area contributed by atoms with E-state index in [0.717, 1.165) is 29.7 Å². The lowest BCUT2D eigenvalue weighted by atomic mass is 9.70. The number of rotatable bonds is 11. The van der Waals surface area contributed by atoms with Gasteiger partial charge in [-0.2, -0.15) is 0 Å². The number of amides is 1. The number of hydrogen-bond acceptors (Lipinski definition) is 6. The Morgan fingerprint density at radius 3 is 2.68 bits per heavy atom. The largest absolute Gasteiger partial charge is 0.490 e. The fraction of sp³-hybridized carbons (Fsp3) is 0.485. The van der Waals surface area contributed by atoms with Crippen LogP contribution >= 0.6 is 0 Å². The molecule has 2 aromatic carbocycles. The maximum Gasteiger partial charge on any atom is 0.248 e. The lowest BCUT2D eigenvalue weighted by Crippen LogP contribution is -2.55. The van der Waals surface area contributed by atoms with E-state index in [0.29, 0.717) is 50.1 Å². The predicted molar refractivity (Wildman–Crippen MR) is 163 cm³/mol.